The van der Waals surface area contributed by atoms with Crippen LogP contribution in [-0.4, -0.2) is 33.7 Å². The number of hydrogen-bond donors (Lipinski definition) is 1. The number of nitrogens with zero attached hydrogens (tertiary/aromatic N) is 1. The molecule has 0 aromatic heterocycles. The zero-order chi connectivity index (χ0) is 14.8. The van der Waals surface area contributed by atoms with Crippen LogP contribution in [0.25, 0.3) is 0 Å². The molecule has 108 valence electrons. The zero-order valence-corrected chi connectivity index (χ0v) is 11.9. The molecule has 0 atom stereocenters. The lowest BCUT2D eigenvalue weighted by atomic mass is 10.2. The number of nitrogens with one attached hydrogen (secondary N) is 1. The van der Waals surface area contributed by atoms with Crippen LogP contribution in [-0.2, 0) is 26.0 Å². The molecular weight excluding hydrogens is 280 g/mol. The highest BCUT2D eigenvalue weighted by molar-refractivity contribution is 7.89. The van der Waals surface area contributed by atoms with Gasteiger partial charge in [0.1, 0.15) is 6.29 Å². The van der Waals surface area contributed by atoms with E-state index >= 15 is 0 Å². The summed E-state index contributed by atoms with van der Waals surface area (Å²) in [7, 11) is -3.60. The molecular formula is C13H16N2O4S. The van der Waals surface area contributed by atoms with Crippen molar-refractivity contribution in [1.29, 1.82) is 0 Å². The summed E-state index contributed by atoms with van der Waals surface area (Å²) in [5.41, 5.74) is 1.61. The third-order valence-electron chi connectivity index (χ3n) is 3.19. The average Bonchev–Trinajstić information content (AvgIpc) is 2.81. The van der Waals surface area contributed by atoms with Crippen molar-refractivity contribution >= 4 is 27.9 Å². The van der Waals surface area contributed by atoms with Gasteiger partial charge in [0.05, 0.1) is 4.90 Å². The Morgan fingerprint density at radius 3 is 2.85 bits per heavy atom. The van der Waals surface area contributed by atoms with E-state index in [9.17, 15) is 18.0 Å². The first-order valence-electron chi connectivity index (χ1n) is 6.30. The van der Waals surface area contributed by atoms with E-state index in [1.807, 2.05) is 0 Å². The van der Waals surface area contributed by atoms with E-state index in [-0.39, 0.29) is 23.8 Å². The van der Waals surface area contributed by atoms with Crippen molar-refractivity contribution in [2.75, 3.05) is 18.0 Å². The summed E-state index contributed by atoms with van der Waals surface area (Å²) in [5, 5.41) is 0. The second kappa shape index (κ2) is 5.72. The number of aldehydes is 1. The number of sulfonamides is 1. The second-order valence-electron chi connectivity index (χ2n) is 4.56. The van der Waals surface area contributed by atoms with Crippen LogP contribution >= 0.6 is 0 Å². The van der Waals surface area contributed by atoms with Crippen molar-refractivity contribution < 1.29 is 18.0 Å². The second-order valence-corrected chi connectivity index (χ2v) is 6.33. The highest BCUT2D eigenvalue weighted by atomic mass is 32.2. The summed E-state index contributed by atoms with van der Waals surface area (Å²) >= 11 is 0. The summed E-state index contributed by atoms with van der Waals surface area (Å²) in [6.45, 7) is 2.15. The number of rotatable bonds is 5. The van der Waals surface area contributed by atoms with Gasteiger partial charge in [-0.05, 0) is 30.2 Å². The molecule has 0 spiro atoms. The van der Waals surface area contributed by atoms with Crippen molar-refractivity contribution in [2.45, 2.75) is 24.7 Å². The van der Waals surface area contributed by atoms with Crippen molar-refractivity contribution in [2.24, 2.45) is 0 Å². The minimum atomic E-state index is -3.60. The monoisotopic (exact) mass is 296 g/mol. The molecule has 1 heterocycles. The van der Waals surface area contributed by atoms with Crippen molar-refractivity contribution in [3.8, 4) is 0 Å². The lowest BCUT2D eigenvalue weighted by Gasteiger charge is -2.15. The number of amides is 1. The fraction of sp³-hybridized carbons (Fsp3) is 0.385. The van der Waals surface area contributed by atoms with Crippen LogP contribution in [0.4, 0.5) is 5.69 Å². The molecule has 6 nitrogen and oxygen atoms in total. The Kier molecular flexibility index (Phi) is 4.20. The van der Waals surface area contributed by atoms with Gasteiger partial charge < -0.3 is 9.69 Å². The Balaban J connectivity index is 2.24. The summed E-state index contributed by atoms with van der Waals surface area (Å²) < 4.78 is 26.4. The maximum absolute atomic E-state index is 12.0. The SMILES string of the molecule is CC(=O)N1CCc2cc(S(=O)(=O)NCCC=O)ccc21. The molecule has 0 unspecified atom stereocenters. The molecule has 7 heteroatoms. The van der Waals surface area contributed by atoms with Gasteiger partial charge in [0, 0.05) is 32.1 Å². The van der Waals surface area contributed by atoms with Gasteiger partial charge in [0.15, 0.2) is 0 Å². The minimum absolute atomic E-state index is 0.0523. The van der Waals surface area contributed by atoms with Crippen LogP contribution in [0.1, 0.15) is 18.9 Å². The Morgan fingerprint density at radius 2 is 2.20 bits per heavy atom. The van der Waals surface area contributed by atoms with Gasteiger partial charge in [-0.2, -0.15) is 0 Å². The molecule has 0 saturated heterocycles. The average molecular weight is 296 g/mol. The Labute approximate surface area is 117 Å². The molecule has 0 fully saturated rings. The molecule has 2 rings (SSSR count). The van der Waals surface area contributed by atoms with Gasteiger partial charge in [-0.15, -0.1) is 0 Å². The first-order valence-corrected chi connectivity index (χ1v) is 7.78. The van der Waals surface area contributed by atoms with E-state index in [1.165, 1.54) is 13.0 Å². The maximum atomic E-state index is 12.0. The van der Waals surface area contributed by atoms with Gasteiger partial charge in [-0.1, -0.05) is 0 Å². The molecule has 20 heavy (non-hydrogen) atoms. The Hall–Kier alpha value is -1.73. The number of benzene rings is 1. The van der Waals surface area contributed by atoms with Gasteiger partial charge >= 0.3 is 0 Å². The summed E-state index contributed by atoms with van der Waals surface area (Å²) in [6, 6.07) is 4.71. The van der Waals surface area contributed by atoms with Gasteiger partial charge in [0.2, 0.25) is 15.9 Å². The van der Waals surface area contributed by atoms with Gasteiger partial charge in [0.25, 0.3) is 0 Å². The number of fused-ring (bicyclic) bond motifs is 1. The summed E-state index contributed by atoms with van der Waals surface area (Å²) in [6.07, 6.45) is 1.45. The zero-order valence-electron chi connectivity index (χ0n) is 11.1. The number of anilines is 1. The lowest BCUT2D eigenvalue weighted by Crippen LogP contribution is -2.26. The molecule has 1 aliphatic rings. The highest BCUT2D eigenvalue weighted by Gasteiger charge is 2.24. The van der Waals surface area contributed by atoms with Gasteiger partial charge in [-0.3, -0.25) is 4.79 Å². The smallest absolute Gasteiger partial charge is 0.240 e. The van der Waals surface area contributed by atoms with Crippen LogP contribution in [0.15, 0.2) is 23.1 Å². The third kappa shape index (κ3) is 2.88. The van der Waals surface area contributed by atoms with Crippen LogP contribution in [0.2, 0.25) is 0 Å². The van der Waals surface area contributed by atoms with E-state index in [4.69, 9.17) is 0 Å². The molecule has 1 amide bonds. The third-order valence-corrected chi connectivity index (χ3v) is 4.65. The van der Waals surface area contributed by atoms with E-state index in [0.717, 1.165) is 11.3 Å². The molecule has 0 radical (unpaired) electrons. The predicted octanol–water partition coefficient (Wildman–Crippen LogP) is 0.463. The van der Waals surface area contributed by atoms with E-state index in [1.54, 1.807) is 17.0 Å². The molecule has 1 aromatic rings. The Bertz CT molecular complexity index is 640. The van der Waals surface area contributed by atoms with Crippen molar-refractivity contribution in [3.63, 3.8) is 0 Å². The highest BCUT2D eigenvalue weighted by Crippen LogP contribution is 2.30. The molecule has 1 aliphatic heterocycles. The fourth-order valence-corrected chi connectivity index (χ4v) is 3.31. The van der Waals surface area contributed by atoms with Crippen LogP contribution in [0.3, 0.4) is 0 Å². The normalized spacial score (nSPS) is 14.2. The van der Waals surface area contributed by atoms with E-state index in [2.05, 4.69) is 4.72 Å². The number of carbonyl (C=O) groups is 2. The standard InChI is InChI=1S/C13H16N2O4S/c1-10(17)15-7-5-11-9-12(3-4-13(11)15)20(18,19)14-6-2-8-16/h3-4,8-9,14H,2,5-7H2,1H3. The van der Waals surface area contributed by atoms with Gasteiger partial charge in [-0.25, -0.2) is 13.1 Å². The lowest BCUT2D eigenvalue weighted by molar-refractivity contribution is -0.116. The largest absolute Gasteiger partial charge is 0.312 e. The van der Waals surface area contributed by atoms with E-state index < -0.39 is 10.0 Å². The minimum Gasteiger partial charge on any atom is -0.312 e. The molecule has 1 aromatic carbocycles. The first kappa shape index (κ1) is 14.7. The first-order chi connectivity index (χ1) is 9.45. The molecule has 1 N–H and O–H groups in total. The number of carbonyl (C=O) groups excluding carboxylic acids is 2. The van der Waals surface area contributed by atoms with Crippen molar-refractivity contribution in [3.05, 3.63) is 23.8 Å². The van der Waals surface area contributed by atoms with Crippen LogP contribution in [0, 0.1) is 0 Å². The Morgan fingerprint density at radius 1 is 1.45 bits per heavy atom. The summed E-state index contributed by atoms with van der Waals surface area (Å²) in [4.78, 5) is 23.4. The topological polar surface area (TPSA) is 83.6 Å². The van der Waals surface area contributed by atoms with Crippen molar-refractivity contribution in [1.82, 2.24) is 4.72 Å². The molecule has 0 bridgehead atoms. The maximum Gasteiger partial charge on any atom is 0.240 e. The predicted molar refractivity (Wildman–Crippen MR) is 74.0 cm³/mol. The van der Waals surface area contributed by atoms with Crippen LogP contribution < -0.4 is 9.62 Å². The fourth-order valence-electron chi connectivity index (χ4n) is 2.21. The van der Waals surface area contributed by atoms with Crippen LogP contribution in [0.5, 0.6) is 0 Å². The summed E-state index contributed by atoms with van der Waals surface area (Å²) in [5.74, 6) is -0.0523. The molecule has 0 saturated carbocycles. The quantitative estimate of drug-likeness (QED) is 0.632. The van der Waals surface area contributed by atoms with E-state index in [0.29, 0.717) is 19.3 Å². The molecule has 0 aliphatic carbocycles. The number of hydrogen-bond acceptors (Lipinski definition) is 4.